The minimum absolute atomic E-state index is 0.0803. The first-order chi connectivity index (χ1) is 22.7. The van der Waals surface area contributed by atoms with Crippen molar-refractivity contribution >= 4 is 35.1 Å². The van der Waals surface area contributed by atoms with E-state index in [2.05, 4.69) is 20.9 Å². The van der Waals surface area contributed by atoms with Crippen molar-refractivity contribution in [2.75, 3.05) is 37.3 Å². The highest BCUT2D eigenvalue weighted by molar-refractivity contribution is 5.96. The fourth-order valence-electron chi connectivity index (χ4n) is 6.69. The van der Waals surface area contributed by atoms with Gasteiger partial charge in [0.05, 0.1) is 6.42 Å². The van der Waals surface area contributed by atoms with Gasteiger partial charge in [-0.15, -0.1) is 0 Å². The summed E-state index contributed by atoms with van der Waals surface area (Å²) in [6, 6.07) is 17.4. The number of likely N-dealkylation sites (tertiary alicyclic amines) is 1. The van der Waals surface area contributed by atoms with Crippen LogP contribution < -0.4 is 16.0 Å². The number of rotatable bonds is 10. The van der Waals surface area contributed by atoms with E-state index in [1.807, 2.05) is 73.5 Å². The van der Waals surface area contributed by atoms with Crippen LogP contribution in [0.4, 0.5) is 11.5 Å². The van der Waals surface area contributed by atoms with Crippen LogP contribution in [-0.2, 0) is 45.1 Å². The highest BCUT2D eigenvalue weighted by Crippen LogP contribution is 2.37. The summed E-state index contributed by atoms with van der Waals surface area (Å²) >= 11 is 0. The van der Waals surface area contributed by atoms with Gasteiger partial charge in [0, 0.05) is 56.3 Å². The molecule has 4 amide bonds. The lowest BCUT2D eigenvalue weighted by atomic mass is 9.78. The molecule has 0 spiro atoms. The number of benzene rings is 2. The Bertz CT molecular complexity index is 1660. The predicted octanol–water partition coefficient (Wildman–Crippen LogP) is 4.28. The number of amides is 4. The molecule has 1 saturated carbocycles. The molecule has 0 unspecified atom stereocenters. The Kier molecular flexibility index (Phi) is 9.68. The van der Waals surface area contributed by atoms with Crippen molar-refractivity contribution in [3.05, 3.63) is 88.6 Å². The van der Waals surface area contributed by atoms with E-state index in [0.29, 0.717) is 69.3 Å². The quantitative estimate of drug-likeness (QED) is 0.305. The van der Waals surface area contributed by atoms with Gasteiger partial charge in [0.25, 0.3) is 0 Å². The van der Waals surface area contributed by atoms with Crippen LogP contribution >= 0.6 is 0 Å². The van der Waals surface area contributed by atoms with Gasteiger partial charge in [-0.3, -0.25) is 19.2 Å². The summed E-state index contributed by atoms with van der Waals surface area (Å²) in [5.74, 6) is 0.734. The number of hydrogen-bond acceptors (Lipinski definition) is 6. The highest BCUT2D eigenvalue weighted by atomic mass is 16.2. The molecule has 3 N–H and O–H groups in total. The molecular formula is C37H44N6O4. The second kappa shape index (κ2) is 14.0. The fourth-order valence-corrected chi connectivity index (χ4v) is 6.69. The summed E-state index contributed by atoms with van der Waals surface area (Å²) in [6.07, 6.45) is 6.44. The number of nitrogens with one attached hydrogen (secondary N) is 3. The topological polar surface area (TPSA) is 124 Å². The first-order valence-corrected chi connectivity index (χ1v) is 16.6. The molecule has 1 aliphatic carbocycles. The van der Waals surface area contributed by atoms with E-state index >= 15 is 0 Å². The van der Waals surface area contributed by atoms with Gasteiger partial charge in [0.15, 0.2) is 0 Å². The molecule has 10 nitrogen and oxygen atoms in total. The van der Waals surface area contributed by atoms with Crippen LogP contribution in [0.3, 0.4) is 0 Å². The van der Waals surface area contributed by atoms with Crippen molar-refractivity contribution < 1.29 is 19.2 Å². The SMILES string of the molecule is CNCc1ccccc1CN(CC(=O)Nc1ccc2c(c1)CC(=O)Nc1ncccc1C2)C(=O)C1(C)CCN(C(=O)CC2CC2)CC1. The predicted molar refractivity (Wildman–Crippen MR) is 180 cm³/mol. The number of carbonyl (C=O) groups excluding carboxylic acids is 4. The Balaban J connectivity index is 1.18. The van der Waals surface area contributed by atoms with E-state index in [1.54, 1.807) is 11.1 Å². The van der Waals surface area contributed by atoms with Gasteiger partial charge in [-0.2, -0.15) is 0 Å². The van der Waals surface area contributed by atoms with Gasteiger partial charge in [0.1, 0.15) is 12.4 Å². The molecule has 3 aliphatic rings. The van der Waals surface area contributed by atoms with Crippen molar-refractivity contribution in [3.63, 3.8) is 0 Å². The molecule has 3 aromatic rings. The normalized spacial score (nSPS) is 17.0. The number of piperidine rings is 1. The van der Waals surface area contributed by atoms with Crippen LogP contribution in [0.5, 0.6) is 0 Å². The Morgan fingerprint density at radius 1 is 0.979 bits per heavy atom. The second-order valence-corrected chi connectivity index (χ2v) is 13.5. The van der Waals surface area contributed by atoms with Crippen LogP contribution in [0.2, 0.25) is 0 Å². The summed E-state index contributed by atoms with van der Waals surface area (Å²) in [6.45, 7) is 3.88. The summed E-state index contributed by atoms with van der Waals surface area (Å²) < 4.78 is 0. The number of hydrogen-bond donors (Lipinski definition) is 3. The van der Waals surface area contributed by atoms with E-state index in [9.17, 15) is 19.2 Å². The number of nitrogens with zero attached hydrogens (tertiary/aromatic N) is 3. The molecule has 0 bridgehead atoms. The van der Waals surface area contributed by atoms with Crippen molar-refractivity contribution in [2.45, 2.75) is 65.0 Å². The molecule has 47 heavy (non-hydrogen) atoms. The van der Waals surface area contributed by atoms with E-state index < -0.39 is 5.41 Å². The molecule has 3 heterocycles. The maximum absolute atomic E-state index is 14.3. The van der Waals surface area contributed by atoms with Crippen molar-refractivity contribution in [3.8, 4) is 0 Å². The van der Waals surface area contributed by atoms with Gasteiger partial charge in [0.2, 0.25) is 23.6 Å². The second-order valence-electron chi connectivity index (χ2n) is 13.5. The van der Waals surface area contributed by atoms with E-state index in [1.165, 1.54) is 0 Å². The molecule has 10 heteroatoms. The summed E-state index contributed by atoms with van der Waals surface area (Å²) in [7, 11) is 1.88. The van der Waals surface area contributed by atoms with Gasteiger partial charge >= 0.3 is 0 Å². The summed E-state index contributed by atoms with van der Waals surface area (Å²) in [5, 5.41) is 9.07. The van der Waals surface area contributed by atoms with E-state index in [0.717, 1.165) is 40.7 Å². The first-order valence-electron chi connectivity index (χ1n) is 16.6. The van der Waals surface area contributed by atoms with E-state index in [-0.39, 0.29) is 36.6 Å². The van der Waals surface area contributed by atoms with Crippen LogP contribution in [0.15, 0.2) is 60.8 Å². The lowest BCUT2D eigenvalue weighted by molar-refractivity contribution is -0.149. The molecule has 246 valence electrons. The zero-order chi connectivity index (χ0) is 33.0. The van der Waals surface area contributed by atoms with Crippen LogP contribution in [-0.4, -0.2) is 65.1 Å². The Morgan fingerprint density at radius 2 is 1.74 bits per heavy atom. The number of carbonyl (C=O) groups is 4. The Morgan fingerprint density at radius 3 is 2.49 bits per heavy atom. The summed E-state index contributed by atoms with van der Waals surface area (Å²) in [4.78, 5) is 61.3. The summed E-state index contributed by atoms with van der Waals surface area (Å²) in [5.41, 5.74) is 4.69. The van der Waals surface area contributed by atoms with Gasteiger partial charge in [-0.05, 0) is 84.7 Å². The number of anilines is 2. The molecular weight excluding hydrogens is 592 g/mol. The van der Waals surface area contributed by atoms with Gasteiger partial charge in [-0.1, -0.05) is 43.3 Å². The minimum atomic E-state index is -0.685. The van der Waals surface area contributed by atoms with Crippen LogP contribution in [0.25, 0.3) is 0 Å². The monoisotopic (exact) mass is 636 g/mol. The average molecular weight is 637 g/mol. The molecule has 0 radical (unpaired) electrons. The van der Waals surface area contributed by atoms with E-state index in [4.69, 9.17) is 0 Å². The molecule has 2 aromatic carbocycles. The molecule has 0 atom stereocenters. The van der Waals surface area contributed by atoms with Crippen LogP contribution in [0.1, 0.15) is 66.8 Å². The Hall–Kier alpha value is -4.57. The minimum Gasteiger partial charge on any atom is -0.343 e. The van der Waals surface area contributed by atoms with Crippen molar-refractivity contribution in [1.29, 1.82) is 0 Å². The lowest BCUT2D eigenvalue weighted by Gasteiger charge is -2.41. The first kappa shape index (κ1) is 32.4. The molecule has 2 aliphatic heterocycles. The number of aromatic nitrogens is 1. The standard InChI is InChI=1S/C37H44N6O4/c1-37(13-16-42(17-14-37)34(46)18-25-9-10-25)36(47)43(23-29-7-4-3-6-28(29)22-38-2)24-33(45)40-31-12-11-26-19-27-8-5-15-39-35(27)41-32(44)21-30(26)20-31/h3-8,11-12,15,20,25,38H,9-10,13-14,16-19,21-24H2,1-2H3,(H,40,45)(H,39,41,44). The average Bonchev–Trinajstić information content (AvgIpc) is 3.87. The molecule has 1 aromatic heterocycles. The van der Waals surface area contributed by atoms with Crippen molar-refractivity contribution in [2.24, 2.45) is 11.3 Å². The zero-order valence-corrected chi connectivity index (χ0v) is 27.3. The third-order valence-corrected chi connectivity index (χ3v) is 9.74. The zero-order valence-electron chi connectivity index (χ0n) is 27.3. The number of pyridine rings is 1. The smallest absolute Gasteiger partial charge is 0.244 e. The fraction of sp³-hybridized carbons (Fsp3) is 0.432. The third kappa shape index (κ3) is 7.88. The molecule has 1 saturated heterocycles. The van der Waals surface area contributed by atoms with Crippen LogP contribution in [0, 0.1) is 11.3 Å². The number of fused-ring (bicyclic) bond motifs is 2. The van der Waals surface area contributed by atoms with Gasteiger partial charge in [-0.25, -0.2) is 4.98 Å². The van der Waals surface area contributed by atoms with Gasteiger partial charge < -0.3 is 25.8 Å². The lowest BCUT2D eigenvalue weighted by Crippen LogP contribution is -2.51. The maximum atomic E-state index is 14.3. The molecule has 2 fully saturated rings. The third-order valence-electron chi connectivity index (χ3n) is 9.74. The highest BCUT2D eigenvalue weighted by Gasteiger charge is 2.41. The molecule has 6 rings (SSSR count). The van der Waals surface area contributed by atoms with Crippen molar-refractivity contribution in [1.82, 2.24) is 20.1 Å². The maximum Gasteiger partial charge on any atom is 0.244 e. The Labute approximate surface area is 276 Å². The largest absolute Gasteiger partial charge is 0.343 e.